The van der Waals surface area contributed by atoms with Crippen LogP contribution in [-0.2, 0) is 9.53 Å². The molecule has 1 aliphatic heterocycles. The molecule has 1 aromatic carbocycles. The third kappa shape index (κ3) is 3.66. The van der Waals surface area contributed by atoms with Gasteiger partial charge in [-0.2, -0.15) is 0 Å². The first-order chi connectivity index (χ1) is 11.1. The normalized spacial score (nSPS) is 28.1. The minimum atomic E-state index is -0.153. The molecule has 23 heavy (non-hydrogen) atoms. The van der Waals surface area contributed by atoms with Gasteiger partial charge in [-0.15, -0.1) is 0 Å². The van der Waals surface area contributed by atoms with Crippen molar-refractivity contribution in [1.82, 2.24) is 4.90 Å². The van der Waals surface area contributed by atoms with Gasteiger partial charge in [-0.05, 0) is 43.0 Å². The number of ether oxygens (including phenoxy) is 1. The van der Waals surface area contributed by atoms with Gasteiger partial charge in [0.25, 0.3) is 0 Å². The van der Waals surface area contributed by atoms with Gasteiger partial charge in [0, 0.05) is 12.5 Å². The number of nitrogens with zero attached hydrogens (tertiary/aromatic N) is 1. The third-order valence-electron chi connectivity index (χ3n) is 4.97. The Morgan fingerprint density at radius 3 is 2.87 bits per heavy atom. The second kappa shape index (κ2) is 7.39. The van der Waals surface area contributed by atoms with E-state index in [1.165, 1.54) is 0 Å². The Morgan fingerprint density at radius 1 is 1.30 bits per heavy atom. The molecule has 2 aliphatic rings. The molecule has 1 saturated carbocycles. The Bertz CT molecular complexity index is 582. The summed E-state index contributed by atoms with van der Waals surface area (Å²) in [4.78, 5) is 14.8. The predicted molar refractivity (Wildman–Crippen MR) is 91.6 cm³/mol. The average Bonchev–Trinajstić information content (AvgIpc) is 3.05. The lowest BCUT2D eigenvalue weighted by Gasteiger charge is -2.35. The fourth-order valence-corrected chi connectivity index (χ4v) is 3.95. The van der Waals surface area contributed by atoms with Gasteiger partial charge < -0.3 is 15.4 Å². The van der Waals surface area contributed by atoms with Crippen LogP contribution < -0.4 is 5.73 Å². The molecule has 1 aliphatic carbocycles. The fourth-order valence-electron chi connectivity index (χ4n) is 3.64. The minimum Gasteiger partial charge on any atom is -0.370 e. The molecule has 1 unspecified atom stereocenters. The zero-order valence-corrected chi connectivity index (χ0v) is 14.5. The zero-order chi connectivity index (χ0) is 16.4. The first-order valence-corrected chi connectivity index (χ1v) is 8.91. The van der Waals surface area contributed by atoms with Gasteiger partial charge in [-0.25, -0.2) is 0 Å². The Morgan fingerprint density at radius 2 is 2.13 bits per heavy atom. The highest BCUT2D eigenvalue weighted by molar-refractivity contribution is 6.42. The van der Waals surface area contributed by atoms with Crippen molar-refractivity contribution >= 4 is 29.1 Å². The van der Waals surface area contributed by atoms with Gasteiger partial charge in [-0.3, -0.25) is 4.79 Å². The molecule has 0 spiro atoms. The molecule has 4 nitrogen and oxygen atoms in total. The van der Waals surface area contributed by atoms with E-state index >= 15 is 0 Å². The van der Waals surface area contributed by atoms with E-state index in [1.54, 1.807) is 6.07 Å². The highest BCUT2D eigenvalue weighted by Gasteiger charge is 2.36. The SMILES string of the molecule is NC[C@H]1CCC[C@H]1C(=O)N1CCOC(c2ccc(Cl)c(Cl)c2)C1. The quantitative estimate of drug-likeness (QED) is 0.903. The van der Waals surface area contributed by atoms with E-state index in [9.17, 15) is 4.79 Å². The highest BCUT2D eigenvalue weighted by atomic mass is 35.5. The van der Waals surface area contributed by atoms with Crippen molar-refractivity contribution in [3.8, 4) is 0 Å². The van der Waals surface area contributed by atoms with Crippen molar-refractivity contribution in [2.75, 3.05) is 26.2 Å². The maximum absolute atomic E-state index is 12.8. The summed E-state index contributed by atoms with van der Waals surface area (Å²) in [5.41, 5.74) is 6.78. The van der Waals surface area contributed by atoms with Gasteiger partial charge in [-0.1, -0.05) is 35.7 Å². The number of amides is 1. The fraction of sp³-hybridized carbons (Fsp3) is 0.588. The largest absolute Gasteiger partial charge is 0.370 e. The van der Waals surface area contributed by atoms with Crippen molar-refractivity contribution in [1.29, 1.82) is 0 Å². The van der Waals surface area contributed by atoms with E-state index in [2.05, 4.69) is 0 Å². The zero-order valence-electron chi connectivity index (χ0n) is 13.0. The molecule has 0 aromatic heterocycles. The van der Waals surface area contributed by atoms with E-state index in [-0.39, 0.29) is 17.9 Å². The molecular formula is C17H22Cl2N2O2. The Hall–Kier alpha value is -0.810. The lowest BCUT2D eigenvalue weighted by atomic mass is 9.94. The highest BCUT2D eigenvalue weighted by Crippen LogP contribution is 2.34. The molecule has 1 heterocycles. The number of halogens is 2. The van der Waals surface area contributed by atoms with Crippen molar-refractivity contribution in [2.24, 2.45) is 17.6 Å². The van der Waals surface area contributed by atoms with Crippen molar-refractivity contribution in [3.05, 3.63) is 33.8 Å². The summed E-state index contributed by atoms with van der Waals surface area (Å²) in [6.45, 7) is 2.34. The molecule has 3 rings (SSSR count). The summed E-state index contributed by atoms with van der Waals surface area (Å²) >= 11 is 12.1. The van der Waals surface area contributed by atoms with Gasteiger partial charge in [0.15, 0.2) is 0 Å². The van der Waals surface area contributed by atoms with Gasteiger partial charge in [0.05, 0.1) is 23.2 Å². The molecule has 0 radical (unpaired) electrons. The lowest BCUT2D eigenvalue weighted by Crippen LogP contribution is -2.46. The van der Waals surface area contributed by atoms with Crippen LogP contribution in [0.1, 0.15) is 30.9 Å². The molecule has 1 aromatic rings. The molecule has 2 N–H and O–H groups in total. The topological polar surface area (TPSA) is 55.6 Å². The summed E-state index contributed by atoms with van der Waals surface area (Å²) in [6.07, 6.45) is 2.96. The Balaban J connectivity index is 1.70. The summed E-state index contributed by atoms with van der Waals surface area (Å²) in [5, 5.41) is 1.03. The summed E-state index contributed by atoms with van der Waals surface area (Å²) in [5.74, 6) is 0.632. The molecule has 1 amide bonds. The van der Waals surface area contributed by atoms with Crippen LogP contribution in [0.4, 0.5) is 0 Å². The molecule has 6 heteroatoms. The molecule has 3 atom stereocenters. The van der Waals surface area contributed by atoms with Gasteiger partial charge >= 0.3 is 0 Å². The minimum absolute atomic E-state index is 0.0764. The Labute approximate surface area is 146 Å². The van der Waals surface area contributed by atoms with E-state index in [1.807, 2.05) is 17.0 Å². The molecule has 0 bridgehead atoms. The molecule has 126 valence electrons. The van der Waals surface area contributed by atoms with Crippen LogP contribution in [0.25, 0.3) is 0 Å². The maximum atomic E-state index is 12.8. The van der Waals surface area contributed by atoms with Crippen LogP contribution >= 0.6 is 23.2 Å². The van der Waals surface area contributed by atoms with Crippen molar-refractivity contribution in [2.45, 2.75) is 25.4 Å². The smallest absolute Gasteiger partial charge is 0.226 e. The van der Waals surface area contributed by atoms with Crippen LogP contribution in [0.3, 0.4) is 0 Å². The van der Waals surface area contributed by atoms with Crippen molar-refractivity contribution < 1.29 is 9.53 Å². The second-order valence-electron chi connectivity index (χ2n) is 6.35. The lowest BCUT2D eigenvalue weighted by molar-refractivity contribution is -0.144. The number of hydrogen-bond acceptors (Lipinski definition) is 3. The summed E-state index contributed by atoms with van der Waals surface area (Å²) < 4.78 is 5.83. The van der Waals surface area contributed by atoms with Crippen LogP contribution in [0.2, 0.25) is 10.0 Å². The van der Waals surface area contributed by atoms with Crippen LogP contribution in [0, 0.1) is 11.8 Å². The molecule has 1 saturated heterocycles. The summed E-state index contributed by atoms with van der Waals surface area (Å²) in [6, 6.07) is 5.50. The van der Waals surface area contributed by atoms with E-state index in [0.29, 0.717) is 42.2 Å². The Kier molecular flexibility index (Phi) is 5.47. The number of carbonyl (C=O) groups excluding carboxylic acids is 1. The van der Waals surface area contributed by atoms with E-state index in [0.717, 1.165) is 24.8 Å². The standard InChI is InChI=1S/C17H22Cl2N2O2/c18-14-5-4-11(8-15(14)19)16-10-21(6-7-23-16)17(22)13-3-1-2-12(13)9-20/h4-5,8,12-13,16H,1-3,6-7,9-10,20H2/t12-,13-,16?/m1/s1. The second-order valence-corrected chi connectivity index (χ2v) is 7.16. The predicted octanol–water partition coefficient (Wildman–Crippen LogP) is 3.27. The number of rotatable bonds is 3. The molecular weight excluding hydrogens is 335 g/mol. The first kappa shape index (κ1) is 17.0. The van der Waals surface area contributed by atoms with E-state index < -0.39 is 0 Å². The van der Waals surface area contributed by atoms with Gasteiger partial charge in [0.1, 0.15) is 6.10 Å². The monoisotopic (exact) mass is 356 g/mol. The number of hydrogen-bond donors (Lipinski definition) is 1. The van der Waals surface area contributed by atoms with Crippen molar-refractivity contribution in [3.63, 3.8) is 0 Å². The number of carbonyl (C=O) groups is 1. The summed E-state index contributed by atoms with van der Waals surface area (Å²) in [7, 11) is 0. The van der Waals surface area contributed by atoms with Crippen LogP contribution in [-0.4, -0.2) is 37.0 Å². The average molecular weight is 357 g/mol. The first-order valence-electron chi connectivity index (χ1n) is 8.15. The maximum Gasteiger partial charge on any atom is 0.226 e. The van der Waals surface area contributed by atoms with Gasteiger partial charge in [0.2, 0.25) is 5.91 Å². The van der Waals surface area contributed by atoms with E-state index in [4.69, 9.17) is 33.7 Å². The third-order valence-corrected chi connectivity index (χ3v) is 5.71. The van der Waals surface area contributed by atoms with Crippen LogP contribution in [0.15, 0.2) is 18.2 Å². The number of nitrogens with two attached hydrogens (primary N) is 1. The number of morpholine rings is 1. The molecule has 2 fully saturated rings. The van der Waals surface area contributed by atoms with Crippen LogP contribution in [0.5, 0.6) is 0 Å². The number of benzene rings is 1.